The molecule has 0 aliphatic carbocycles. The van der Waals surface area contributed by atoms with Crippen LogP contribution in [0.15, 0.2) is 48.5 Å². The second kappa shape index (κ2) is 9.22. The molecule has 7 nitrogen and oxygen atoms in total. The van der Waals surface area contributed by atoms with Gasteiger partial charge in [-0.2, -0.15) is 0 Å². The molecule has 0 fully saturated rings. The van der Waals surface area contributed by atoms with Gasteiger partial charge >= 0.3 is 0 Å². The first kappa shape index (κ1) is 22.2. The Morgan fingerprint density at radius 2 is 1.34 bits per heavy atom. The molecular formula is C23H20N2O5S2. The smallest absolute Gasteiger partial charge is 0.262 e. The van der Waals surface area contributed by atoms with E-state index in [1.54, 1.807) is 55.5 Å². The molecule has 164 valence electrons. The van der Waals surface area contributed by atoms with E-state index in [2.05, 4.69) is 0 Å². The summed E-state index contributed by atoms with van der Waals surface area (Å²) >= 11 is 6.37. The number of rotatable bonds is 7. The lowest BCUT2D eigenvalue weighted by molar-refractivity contribution is 0.0601. The lowest BCUT2D eigenvalue weighted by Gasteiger charge is -2.26. The number of fused-ring (bicyclic) bond motifs is 2. The van der Waals surface area contributed by atoms with Crippen molar-refractivity contribution in [2.24, 2.45) is 0 Å². The number of hydrogen-bond acceptors (Lipinski definition) is 7. The Balaban J connectivity index is 1.48. The Labute approximate surface area is 194 Å². The maximum absolute atomic E-state index is 12.9. The molecule has 0 bridgehead atoms. The number of imide groups is 2. The van der Waals surface area contributed by atoms with Crippen molar-refractivity contribution in [3.05, 3.63) is 70.8 Å². The van der Waals surface area contributed by atoms with Gasteiger partial charge in [-0.3, -0.25) is 29.0 Å². The topological polar surface area (TPSA) is 84.0 Å². The van der Waals surface area contributed by atoms with Gasteiger partial charge in [0.05, 0.1) is 34.2 Å². The van der Waals surface area contributed by atoms with Crippen molar-refractivity contribution >= 4 is 52.0 Å². The number of ether oxygens (including phenoxy) is 1. The lowest BCUT2D eigenvalue weighted by atomic mass is 10.1. The van der Waals surface area contributed by atoms with Gasteiger partial charge < -0.3 is 4.74 Å². The minimum absolute atomic E-state index is 0.175. The molecule has 4 rings (SSSR count). The summed E-state index contributed by atoms with van der Waals surface area (Å²) in [6.07, 6.45) is 0.738. The van der Waals surface area contributed by atoms with E-state index in [1.807, 2.05) is 0 Å². The number of amides is 4. The maximum atomic E-state index is 12.9. The normalized spacial score (nSPS) is 15.8. The molecule has 2 aliphatic heterocycles. The van der Waals surface area contributed by atoms with E-state index in [0.29, 0.717) is 41.7 Å². The SMILES string of the molecule is CCOC(=S)SC(CCCN1C(=O)c2ccccc2C1=O)N1C(=O)c2ccccc2C1=O. The van der Waals surface area contributed by atoms with Crippen molar-refractivity contribution in [3.8, 4) is 0 Å². The Hall–Kier alpha value is -3.04. The van der Waals surface area contributed by atoms with Crippen LogP contribution in [0, 0.1) is 0 Å². The maximum Gasteiger partial charge on any atom is 0.262 e. The standard InChI is InChI=1S/C23H20N2O5S2/c1-2-30-23(31)32-18(25-21(28)16-10-5-6-11-17(16)22(25)29)12-7-13-24-19(26)14-8-3-4-9-15(14)20(24)27/h3-6,8-11,18H,2,7,12-13H2,1H3. The molecule has 0 N–H and O–H groups in total. The number of hydrogen-bond donors (Lipinski definition) is 0. The molecule has 2 aromatic rings. The fraction of sp³-hybridized carbons (Fsp3) is 0.261. The Morgan fingerprint density at radius 3 is 1.81 bits per heavy atom. The molecule has 4 amide bonds. The highest BCUT2D eigenvalue weighted by atomic mass is 32.2. The monoisotopic (exact) mass is 468 g/mol. The van der Waals surface area contributed by atoms with E-state index < -0.39 is 5.37 Å². The van der Waals surface area contributed by atoms with E-state index in [-0.39, 0.29) is 34.6 Å². The van der Waals surface area contributed by atoms with Crippen molar-refractivity contribution in [3.63, 3.8) is 0 Å². The highest BCUT2D eigenvalue weighted by molar-refractivity contribution is 8.23. The lowest BCUT2D eigenvalue weighted by Crippen LogP contribution is -2.39. The van der Waals surface area contributed by atoms with Gasteiger partial charge in [-0.1, -0.05) is 36.0 Å². The molecule has 1 unspecified atom stereocenters. The van der Waals surface area contributed by atoms with Crippen molar-refractivity contribution in [1.82, 2.24) is 9.80 Å². The van der Waals surface area contributed by atoms with Crippen LogP contribution < -0.4 is 0 Å². The molecule has 2 aromatic carbocycles. The molecule has 0 radical (unpaired) electrons. The largest absolute Gasteiger partial charge is 0.479 e. The van der Waals surface area contributed by atoms with Crippen LogP contribution >= 0.6 is 24.0 Å². The van der Waals surface area contributed by atoms with Crippen molar-refractivity contribution in [2.75, 3.05) is 13.2 Å². The summed E-state index contributed by atoms with van der Waals surface area (Å²) in [6.45, 7) is 2.34. The fourth-order valence-electron chi connectivity index (χ4n) is 3.84. The average Bonchev–Trinajstić information content (AvgIpc) is 3.19. The quantitative estimate of drug-likeness (QED) is 0.452. The summed E-state index contributed by atoms with van der Waals surface area (Å²) in [5, 5.41) is -0.614. The third kappa shape index (κ3) is 3.93. The third-order valence-electron chi connectivity index (χ3n) is 5.32. The first-order valence-electron chi connectivity index (χ1n) is 10.2. The zero-order valence-electron chi connectivity index (χ0n) is 17.3. The molecule has 0 spiro atoms. The Morgan fingerprint density at radius 1 is 0.875 bits per heavy atom. The number of benzene rings is 2. The first-order chi connectivity index (χ1) is 15.4. The van der Waals surface area contributed by atoms with Gasteiger partial charge in [0.15, 0.2) is 0 Å². The van der Waals surface area contributed by atoms with Gasteiger partial charge in [0.25, 0.3) is 23.6 Å². The van der Waals surface area contributed by atoms with Crippen LogP contribution in [0.1, 0.15) is 61.2 Å². The van der Waals surface area contributed by atoms with E-state index in [0.717, 1.165) is 11.8 Å². The number of carbonyl (C=O) groups is 4. The second-order valence-corrected chi connectivity index (χ2v) is 9.01. The molecule has 32 heavy (non-hydrogen) atoms. The van der Waals surface area contributed by atoms with Crippen LogP contribution in [0.2, 0.25) is 0 Å². The van der Waals surface area contributed by atoms with Crippen LogP contribution in [-0.2, 0) is 4.74 Å². The number of carbonyl (C=O) groups excluding carboxylic acids is 4. The van der Waals surface area contributed by atoms with E-state index >= 15 is 0 Å². The highest BCUT2D eigenvalue weighted by Gasteiger charge is 2.41. The van der Waals surface area contributed by atoms with Gasteiger partial charge in [0.1, 0.15) is 0 Å². The molecular weight excluding hydrogens is 448 g/mol. The predicted molar refractivity (Wildman–Crippen MR) is 124 cm³/mol. The number of thioether (sulfide) groups is 1. The molecule has 9 heteroatoms. The fourth-order valence-corrected chi connectivity index (χ4v) is 5.28. The number of thiocarbonyl (C=S) groups is 1. The zero-order valence-corrected chi connectivity index (χ0v) is 18.9. The minimum atomic E-state index is -0.614. The zero-order chi connectivity index (χ0) is 22.8. The second-order valence-electron chi connectivity index (χ2n) is 7.23. The van der Waals surface area contributed by atoms with Gasteiger partial charge in [0.2, 0.25) is 4.38 Å². The van der Waals surface area contributed by atoms with Crippen molar-refractivity contribution in [2.45, 2.75) is 25.1 Å². The average molecular weight is 469 g/mol. The van der Waals surface area contributed by atoms with Gasteiger partial charge in [-0.25, -0.2) is 0 Å². The third-order valence-corrected chi connectivity index (χ3v) is 6.75. The highest BCUT2D eigenvalue weighted by Crippen LogP contribution is 2.32. The summed E-state index contributed by atoms with van der Waals surface area (Å²) in [5.74, 6) is -1.44. The van der Waals surface area contributed by atoms with Crippen molar-refractivity contribution in [1.29, 1.82) is 0 Å². The molecule has 1 atom stereocenters. The predicted octanol–water partition coefficient (Wildman–Crippen LogP) is 3.74. The van der Waals surface area contributed by atoms with Crippen LogP contribution in [0.25, 0.3) is 0 Å². The van der Waals surface area contributed by atoms with Crippen LogP contribution in [0.3, 0.4) is 0 Å². The molecule has 0 aromatic heterocycles. The minimum Gasteiger partial charge on any atom is -0.479 e. The summed E-state index contributed by atoms with van der Waals surface area (Å²) in [6, 6.07) is 13.4. The van der Waals surface area contributed by atoms with Crippen molar-refractivity contribution < 1.29 is 23.9 Å². The molecule has 0 saturated carbocycles. The van der Waals surface area contributed by atoms with E-state index in [9.17, 15) is 19.2 Å². The van der Waals surface area contributed by atoms with E-state index in [1.165, 1.54) is 9.80 Å². The van der Waals surface area contributed by atoms with Gasteiger partial charge in [-0.05, 0) is 56.2 Å². The summed E-state index contributed by atoms with van der Waals surface area (Å²) < 4.78 is 5.59. The van der Waals surface area contributed by atoms with Gasteiger partial charge in [0, 0.05) is 6.54 Å². The van der Waals surface area contributed by atoms with Crippen LogP contribution in [0.5, 0.6) is 0 Å². The Bertz CT molecular complexity index is 1060. The molecule has 2 aliphatic rings. The first-order valence-corrected chi connectivity index (χ1v) is 11.5. The molecule has 2 heterocycles. The van der Waals surface area contributed by atoms with Gasteiger partial charge in [-0.15, -0.1) is 0 Å². The summed E-state index contributed by atoms with van der Waals surface area (Å²) in [7, 11) is 0. The molecule has 0 saturated heterocycles. The Kier molecular flexibility index (Phi) is 6.38. The number of nitrogens with zero attached hydrogens (tertiary/aromatic N) is 2. The summed E-state index contributed by atoms with van der Waals surface area (Å²) in [4.78, 5) is 53.5. The summed E-state index contributed by atoms with van der Waals surface area (Å²) in [5.41, 5.74) is 1.49. The van der Waals surface area contributed by atoms with E-state index in [4.69, 9.17) is 17.0 Å². The van der Waals surface area contributed by atoms with Crippen LogP contribution in [0.4, 0.5) is 0 Å². The van der Waals surface area contributed by atoms with Crippen LogP contribution in [-0.4, -0.2) is 56.3 Å².